The topological polar surface area (TPSA) is 83.7 Å². The van der Waals surface area contributed by atoms with Crippen LogP contribution in [0.3, 0.4) is 0 Å². The summed E-state index contributed by atoms with van der Waals surface area (Å²) < 4.78 is 0. The van der Waals surface area contributed by atoms with E-state index >= 15 is 0 Å². The van der Waals surface area contributed by atoms with Crippen molar-refractivity contribution in [2.45, 2.75) is 6.17 Å². The van der Waals surface area contributed by atoms with Gasteiger partial charge in [0.05, 0.1) is 0 Å². The first kappa shape index (κ1) is 14.9. The van der Waals surface area contributed by atoms with Crippen molar-refractivity contribution >= 4 is 23.8 Å². The van der Waals surface area contributed by atoms with Crippen LogP contribution in [0.15, 0.2) is 36.4 Å². The normalized spacial score (nSPS) is 23.0. The van der Waals surface area contributed by atoms with Crippen LogP contribution in [0, 0.1) is 5.92 Å². The zero-order valence-corrected chi connectivity index (χ0v) is 11.9. The summed E-state index contributed by atoms with van der Waals surface area (Å²) in [5, 5.41) is 0. The van der Waals surface area contributed by atoms with Crippen LogP contribution in [0.5, 0.6) is 0 Å². The van der Waals surface area contributed by atoms with Crippen molar-refractivity contribution < 1.29 is 14.4 Å². The third-order valence-corrected chi connectivity index (χ3v) is 3.52. The zero-order valence-electron chi connectivity index (χ0n) is 11.9. The van der Waals surface area contributed by atoms with Crippen LogP contribution < -0.4 is 5.73 Å². The zero-order chi connectivity index (χ0) is 15.6. The van der Waals surface area contributed by atoms with Gasteiger partial charge in [0.2, 0.25) is 5.91 Å². The maximum absolute atomic E-state index is 12.2. The van der Waals surface area contributed by atoms with Crippen molar-refractivity contribution in [2.75, 3.05) is 14.1 Å². The Balaban J connectivity index is 2.20. The van der Waals surface area contributed by atoms with E-state index in [0.29, 0.717) is 0 Å². The number of rotatable bonds is 3. The Morgan fingerprint density at radius 1 is 1.19 bits per heavy atom. The van der Waals surface area contributed by atoms with Crippen LogP contribution in [0.25, 0.3) is 6.08 Å². The number of carbonyl (C=O) groups is 3. The summed E-state index contributed by atoms with van der Waals surface area (Å²) in [6.07, 6.45) is 2.00. The van der Waals surface area contributed by atoms with Gasteiger partial charge in [0.1, 0.15) is 12.1 Å². The summed E-state index contributed by atoms with van der Waals surface area (Å²) in [7, 11) is 2.81. The number of hydrogen-bond acceptors (Lipinski definition) is 4. The first-order valence-corrected chi connectivity index (χ1v) is 6.50. The van der Waals surface area contributed by atoms with E-state index in [4.69, 9.17) is 5.73 Å². The molecule has 2 N–H and O–H groups in total. The second-order valence-electron chi connectivity index (χ2n) is 4.91. The fourth-order valence-corrected chi connectivity index (χ4v) is 2.17. The van der Waals surface area contributed by atoms with Crippen LogP contribution in [0.1, 0.15) is 5.56 Å². The monoisotopic (exact) mass is 287 g/mol. The molecule has 0 spiro atoms. The van der Waals surface area contributed by atoms with Crippen LogP contribution in [0.2, 0.25) is 0 Å². The van der Waals surface area contributed by atoms with Gasteiger partial charge in [-0.2, -0.15) is 0 Å². The lowest BCUT2D eigenvalue weighted by molar-refractivity contribution is -0.142. The van der Waals surface area contributed by atoms with Gasteiger partial charge in [-0.05, 0) is 11.6 Å². The molecule has 1 heterocycles. The number of nitrogens with two attached hydrogens (primary N) is 1. The van der Waals surface area contributed by atoms with E-state index in [2.05, 4.69) is 0 Å². The summed E-state index contributed by atoms with van der Waals surface area (Å²) in [4.78, 5) is 38.2. The SMILES string of the molecule is CN1C(=O)C(C(=O)/C=C/c2ccccc2)C(N)N(C)C1=O. The molecule has 110 valence electrons. The molecule has 21 heavy (non-hydrogen) atoms. The van der Waals surface area contributed by atoms with E-state index in [-0.39, 0.29) is 0 Å². The highest BCUT2D eigenvalue weighted by molar-refractivity contribution is 6.13. The molecule has 1 aromatic carbocycles. The molecular weight excluding hydrogens is 270 g/mol. The molecule has 1 fully saturated rings. The van der Waals surface area contributed by atoms with E-state index < -0.39 is 29.8 Å². The predicted octanol–water partition coefficient (Wildman–Crippen LogP) is 0.694. The Hall–Kier alpha value is -2.47. The standard InChI is InChI=1S/C15H17N3O3/c1-17-13(16)12(14(20)18(2)15(17)21)11(19)9-8-10-6-4-3-5-7-10/h3-9,12-13H,16H2,1-2H3/b9-8+. The smallest absolute Gasteiger partial charge is 0.311 e. The van der Waals surface area contributed by atoms with Gasteiger partial charge in [-0.1, -0.05) is 36.4 Å². The lowest BCUT2D eigenvalue weighted by atomic mass is 9.95. The lowest BCUT2D eigenvalue weighted by Gasteiger charge is -2.38. The highest BCUT2D eigenvalue weighted by Gasteiger charge is 2.44. The van der Waals surface area contributed by atoms with Gasteiger partial charge >= 0.3 is 6.03 Å². The second kappa shape index (κ2) is 5.88. The lowest BCUT2D eigenvalue weighted by Crippen LogP contribution is -2.64. The number of nitrogens with zero attached hydrogens (tertiary/aromatic N) is 2. The predicted molar refractivity (Wildman–Crippen MR) is 77.9 cm³/mol. The van der Waals surface area contributed by atoms with E-state index in [1.165, 1.54) is 25.1 Å². The molecule has 0 bridgehead atoms. The number of allylic oxidation sites excluding steroid dienone is 1. The summed E-state index contributed by atoms with van der Waals surface area (Å²) in [6.45, 7) is 0. The molecule has 0 aliphatic carbocycles. The van der Waals surface area contributed by atoms with Crippen molar-refractivity contribution in [2.24, 2.45) is 11.7 Å². The Bertz CT molecular complexity index is 597. The van der Waals surface area contributed by atoms with Crippen LogP contribution in [0.4, 0.5) is 4.79 Å². The van der Waals surface area contributed by atoms with E-state index in [1.54, 1.807) is 6.08 Å². The molecule has 1 aliphatic heterocycles. The van der Waals surface area contributed by atoms with Crippen molar-refractivity contribution in [3.63, 3.8) is 0 Å². The summed E-state index contributed by atoms with van der Waals surface area (Å²) in [6, 6.07) is 8.74. The molecule has 2 atom stereocenters. The van der Waals surface area contributed by atoms with Crippen molar-refractivity contribution in [1.82, 2.24) is 9.80 Å². The largest absolute Gasteiger partial charge is 0.327 e. The number of carbonyl (C=O) groups excluding carboxylic acids is 3. The molecule has 0 radical (unpaired) electrons. The minimum absolute atomic E-state index is 0.414. The minimum atomic E-state index is -1.07. The molecule has 2 unspecified atom stereocenters. The number of benzene rings is 1. The molecule has 6 nitrogen and oxygen atoms in total. The van der Waals surface area contributed by atoms with Crippen LogP contribution in [-0.4, -0.2) is 47.8 Å². The molecule has 0 aromatic heterocycles. The maximum atomic E-state index is 12.2. The van der Waals surface area contributed by atoms with Gasteiger partial charge in [0.25, 0.3) is 0 Å². The number of hydrogen-bond donors (Lipinski definition) is 1. The van der Waals surface area contributed by atoms with Gasteiger partial charge < -0.3 is 10.6 Å². The molecule has 1 aliphatic rings. The summed E-state index contributed by atoms with van der Waals surface area (Å²) >= 11 is 0. The first-order chi connectivity index (χ1) is 9.93. The molecule has 0 saturated carbocycles. The molecule has 1 aromatic rings. The third kappa shape index (κ3) is 2.85. The molecular formula is C15H17N3O3. The molecule has 6 heteroatoms. The molecule has 2 rings (SSSR count). The number of ketones is 1. The average Bonchev–Trinajstić information content (AvgIpc) is 2.50. The van der Waals surface area contributed by atoms with Crippen LogP contribution >= 0.6 is 0 Å². The van der Waals surface area contributed by atoms with Crippen LogP contribution in [-0.2, 0) is 9.59 Å². The van der Waals surface area contributed by atoms with Gasteiger partial charge in [0, 0.05) is 14.1 Å². The van der Waals surface area contributed by atoms with Gasteiger partial charge in [-0.3, -0.25) is 14.5 Å². The highest BCUT2D eigenvalue weighted by atomic mass is 16.2. The second-order valence-corrected chi connectivity index (χ2v) is 4.91. The fraction of sp³-hybridized carbons (Fsp3) is 0.267. The van der Waals surface area contributed by atoms with Gasteiger partial charge in [-0.15, -0.1) is 0 Å². The van der Waals surface area contributed by atoms with E-state index in [0.717, 1.165) is 10.5 Å². The van der Waals surface area contributed by atoms with Crippen molar-refractivity contribution in [3.8, 4) is 0 Å². The number of urea groups is 1. The number of imide groups is 1. The van der Waals surface area contributed by atoms with E-state index in [1.807, 2.05) is 30.3 Å². The maximum Gasteiger partial charge on any atom is 0.327 e. The fourth-order valence-electron chi connectivity index (χ4n) is 2.17. The van der Waals surface area contributed by atoms with E-state index in [9.17, 15) is 14.4 Å². The molecule has 3 amide bonds. The Morgan fingerprint density at radius 2 is 1.81 bits per heavy atom. The Morgan fingerprint density at radius 3 is 2.43 bits per heavy atom. The summed E-state index contributed by atoms with van der Waals surface area (Å²) in [5.41, 5.74) is 6.69. The third-order valence-electron chi connectivity index (χ3n) is 3.52. The van der Waals surface area contributed by atoms with Crippen molar-refractivity contribution in [3.05, 3.63) is 42.0 Å². The quantitative estimate of drug-likeness (QED) is 0.655. The molecule has 1 saturated heterocycles. The average molecular weight is 287 g/mol. The number of amides is 3. The van der Waals surface area contributed by atoms with Gasteiger partial charge in [0.15, 0.2) is 5.78 Å². The van der Waals surface area contributed by atoms with Crippen molar-refractivity contribution in [1.29, 1.82) is 0 Å². The van der Waals surface area contributed by atoms with Gasteiger partial charge in [-0.25, -0.2) is 4.79 Å². The minimum Gasteiger partial charge on any atom is -0.311 e. The Kier molecular flexibility index (Phi) is 4.18. The first-order valence-electron chi connectivity index (χ1n) is 6.50. The highest BCUT2D eigenvalue weighted by Crippen LogP contribution is 2.19. The summed E-state index contributed by atoms with van der Waals surface area (Å²) in [5.74, 6) is -2.06. The Labute approximate surface area is 122 Å².